The van der Waals surface area contributed by atoms with Gasteiger partial charge in [0.1, 0.15) is 0 Å². The first-order valence-corrected chi connectivity index (χ1v) is 9.28. The van der Waals surface area contributed by atoms with Crippen LogP contribution in [-0.4, -0.2) is 76.3 Å². The van der Waals surface area contributed by atoms with Crippen molar-refractivity contribution in [2.24, 2.45) is 10.7 Å². The third kappa shape index (κ3) is 8.52. The number of hydrogen-bond acceptors (Lipinski definition) is 5. The summed E-state index contributed by atoms with van der Waals surface area (Å²) in [5, 5.41) is 3.19. The third-order valence-electron chi connectivity index (χ3n) is 4.68. The highest BCUT2D eigenvalue weighted by molar-refractivity contribution is 14.0. The SMILES string of the molecule is COc1ccc(CN=C(N)NCCCCN2CCN(C)CC2)cc1OC.I. The highest BCUT2D eigenvalue weighted by atomic mass is 127. The minimum atomic E-state index is 0. The monoisotopic (exact) mass is 491 g/mol. The van der Waals surface area contributed by atoms with Crippen LogP contribution in [0.15, 0.2) is 23.2 Å². The number of rotatable bonds is 9. The summed E-state index contributed by atoms with van der Waals surface area (Å²) in [6.45, 7) is 7.24. The molecule has 0 bridgehead atoms. The molecule has 1 saturated heterocycles. The van der Waals surface area contributed by atoms with Gasteiger partial charge in [0.05, 0.1) is 20.8 Å². The van der Waals surface area contributed by atoms with Gasteiger partial charge in [0, 0.05) is 32.7 Å². The average Bonchev–Trinajstić information content (AvgIpc) is 2.67. The normalized spacial score (nSPS) is 15.9. The summed E-state index contributed by atoms with van der Waals surface area (Å²) in [7, 11) is 5.44. The van der Waals surface area contributed by atoms with Gasteiger partial charge in [-0.3, -0.25) is 0 Å². The summed E-state index contributed by atoms with van der Waals surface area (Å²) >= 11 is 0. The first-order chi connectivity index (χ1) is 12.6. The number of piperazine rings is 1. The minimum Gasteiger partial charge on any atom is -0.493 e. The lowest BCUT2D eigenvalue weighted by Gasteiger charge is -2.32. The molecule has 1 fully saturated rings. The molecule has 27 heavy (non-hydrogen) atoms. The summed E-state index contributed by atoms with van der Waals surface area (Å²) in [6.07, 6.45) is 2.28. The number of methoxy groups -OCH3 is 2. The van der Waals surface area contributed by atoms with Crippen molar-refractivity contribution in [3.05, 3.63) is 23.8 Å². The zero-order valence-corrected chi connectivity index (χ0v) is 19.1. The van der Waals surface area contributed by atoms with Crippen LogP contribution in [0, 0.1) is 0 Å². The predicted molar refractivity (Wildman–Crippen MR) is 121 cm³/mol. The molecule has 0 unspecified atom stereocenters. The lowest BCUT2D eigenvalue weighted by atomic mass is 10.2. The Kier molecular flexibility index (Phi) is 11.5. The van der Waals surface area contributed by atoms with E-state index in [0.29, 0.717) is 24.0 Å². The zero-order valence-electron chi connectivity index (χ0n) is 16.7. The molecule has 1 aliphatic rings. The topological polar surface area (TPSA) is 75.4 Å². The van der Waals surface area contributed by atoms with Crippen LogP contribution in [0.25, 0.3) is 0 Å². The predicted octanol–water partition coefficient (Wildman–Crippen LogP) is 1.75. The van der Waals surface area contributed by atoms with Gasteiger partial charge in [-0.1, -0.05) is 6.07 Å². The molecule has 1 aromatic rings. The first-order valence-electron chi connectivity index (χ1n) is 9.28. The molecule has 8 heteroatoms. The molecule has 0 aliphatic carbocycles. The Morgan fingerprint density at radius 1 is 1.11 bits per heavy atom. The Labute approximate surface area is 180 Å². The van der Waals surface area contributed by atoms with Crippen LogP contribution in [-0.2, 0) is 6.54 Å². The largest absolute Gasteiger partial charge is 0.493 e. The van der Waals surface area contributed by atoms with Gasteiger partial charge >= 0.3 is 0 Å². The van der Waals surface area contributed by atoms with E-state index in [1.54, 1.807) is 14.2 Å². The molecule has 0 atom stereocenters. The van der Waals surface area contributed by atoms with Gasteiger partial charge in [0.15, 0.2) is 17.5 Å². The van der Waals surface area contributed by atoms with Crippen LogP contribution >= 0.6 is 24.0 Å². The van der Waals surface area contributed by atoms with E-state index >= 15 is 0 Å². The molecule has 154 valence electrons. The zero-order chi connectivity index (χ0) is 18.8. The maximum Gasteiger partial charge on any atom is 0.188 e. The van der Waals surface area contributed by atoms with E-state index in [0.717, 1.165) is 25.1 Å². The van der Waals surface area contributed by atoms with Gasteiger partial charge in [-0.25, -0.2) is 4.99 Å². The molecule has 2 rings (SSSR count). The Bertz CT molecular complexity index is 577. The highest BCUT2D eigenvalue weighted by Gasteiger charge is 2.12. The molecular formula is C19H34IN5O2. The van der Waals surface area contributed by atoms with Crippen molar-refractivity contribution < 1.29 is 9.47 Å². The molecule has 0 saturated carbocycles. The highest BCUT2D eigenvalue weighted by Crippen LogP contribution is 2.27. The van der Waals surface area contributed by atoms with Crippen LogP contribution in [0.1, 0.15) is 18.4 Å². The number of aliphatic imine (C=N–C) groups is 1. The molecule has 0 amide bonds. The number of benzene rings is 1. The third-order valence-corrected chi connectivity index (χ3v) is 4.68. The fourth-order valence-corrected chi connectivity index (χ4v) is 2.96. The number of nitrogens with one attached hydrogen (secondary N) is 1. The van der Waals surface area contributed by atoms with Crippen LogP contribution in [0.3, 0.4) is 0 Å². The van der Waals surface area contributed by atoms with Crippen LogP contribution in [0.2, 0.25) is 0 Å². The molecule has 3 N–H and O–H groups in total. The van der Waals surface area contributed by atoms with E-state index in [9.17, 15) is 0 Å². The summed E-state index contributed by atoms with van der Waals surface area (Å²) in [5.41, 5.74) is 6.99. The molecule has 0 spiro atoms. The van der Waals surface area contributed by atoms with Crippen molar-refractivity contribution in [2.75, 3.05) is 60.5 Å². The van der Waals surface area contributed by atoms with Crippen LogP contribution in [0.4, 0.5) is 0 Å². The number of hydrogen-bond donors (Lipinski definition) is 2. The molecule has 1 aliphatic heterocycles. The molecule has 7 nitrogen and oxygen atoms in total. The number of ether oxygens (including phenoxy) is 2. The van der Waals surface area contributed by atoms with Crippen LogP contribution in [0.5, 0.6) is 11.5 Å². The van der Waals surface area contributed by atoms with E-state index in [1.165, 1.54) is 32.6 Å². The Morgan fingerprint density at radius 3 is 2.48 bits per heavy atom. The maximum absolute atomic E-state index is 5.96. The van der Waals surface area contributed by atoms with E-state index < -0.39 is 0 Å². The maximum atomic E-state index is 5.96. The second kappa shape index (κ2) is 13.0. The molecule has 1 heterocycles. The fourth-order valence-electron chi connectivity index (χ4n) is 2.96. The summed E-state index contributed by atoms with van der Waals surface area (Å²) < 4.78 is 10.5. The number of nitrogens with two attached hydrogens (primary N) is 1. The van der Waals surface area contributed by atoms with Crippen molar-refractivity contribution in [1.82, 2.24) is 15.1 Å². The van der Waals surface area contributed by atoms with E-state index in [2.05, 4.69) is 27.2 Å². The molecule has 0 radical (unpaired) electrons. The number of guanidine groups is 1. The lowest BCUT2D eigenvalue weighted by Crippen LogP contribution is -2.44. The van der Waals surface area contributed by atoms with Crippen molar-refractivity contribution in [3.8, 4) is 11.5 Å². The molecule has 0 aromatic heterocycles. The minimum absolute atomic E-state index is 0. The van der Waals surface area contributed by atoms with Crippen molar-refractivity contribution in [3.63, 3.8) is 0 Å². The van der Waals surface area contributed by atoms with Gasteiger partial charge in [-0.15, -0.1) is 24.0 Å². The fraction of sp³-hybridized carbons (Fsp3) is 0.632. The van der Waals surface area contributed by atoms with Crippen molar-refractivity contribution >= 4 is 29.9 Å². The molecule has 1 aromatic carbocycles. The van der Waals surface area contributed by atoms with E-state index in [4.69, 9.17) is 15.2 Å². The van der Waals surface area contributed by atoms with Gasteiger partial charge in [-0.2, -0.15) is 0 Å². The van der Waals surface area contributed by atoms with Crippen molar-refractivity contribution in [1.29, 1.82) is 0 Å². The van der Waals surface area contributed by atoms with Gasteiger partial charge in [0.2, 0.25) is 0 Å². The average molecular weight is 491 g/mol. The van der Waals surface area contributed by atoms with Crippen LogP contribution < -0.4 is 20.5 Å². The van der Waals surface area contributed by atoms with Gasteiger partial charge < -0.3 is 30.3 Å². The molecular weight excluding hydrogens is 457 g/mol. The summed E-state index contributed by atoms with van der Waals surface area (Å²) in [4.78, 5) is 9.31. The van der Waals surface area contributed by atoms with E-state index in [-0.39, 0.29) is 24.0 Å². The number of likely N-dealkylation sites (N-methyl/N-ethyl adjacent to an activating group) is 1. The van der Waals surface area contributed by atoms with Gasteiger partial charge in [0.25, 0.3) is 0 Å². The quantitative estimate of drug-likeness (QED) is 0.237. The standard InChI is InChI=1S/C19H33N5O2.HI/c1-23-10-12-24(13-11-23)9-5-4-8-21-19(20)22-15-16-6-7-17(25-2)18(14-16)26-3;/h6-7,14H,4-5,8-13,15H2,1-3H3,(H3,20,21,22);1H. The lowest BCUT2D eigenvalue weighted by molar-refractivity contribution is 0.152. The van der Waals surface area contributed by atoms with Gasteiger partial charge in [-0.05, 0) is 44.1 Å². The summed E-state index contributed by atoms with van der Waals surface area (Å²) in [5.74, 6) is 1.90. The number of unbranched alkanes of at least 4 members (excludes halogenated alkanes) is 1. The summed E-state index contributed by atoms with van der Waals surface area (Å²) in [6, 6.07) is 5.77. The number of nitrogens with zero attached hydrogens (tertiary/aromatic N) is 3. The smallest absolute Gasteiger partial charge is 0.188 e. The second-order valence-electron chi connectivity index (χ2n) is 6.67. The number of halogens is 1. The Hall–Kier alpha value is -1.26. The Balaban J connectivity index is 0.00000364. The first kappa shape index (κ1) is 23.8. The van der Waals surface area contributed by atoms with Crippen molar-refractivity contribution in [2.45, 2.75) is 19.4 Å². The second-order valence-corrected chi connectivity index (χ2v) is 6.67. The Morgan fingerprint density at radius 2 is 1.81 bits per heavy atom. The van der Waals surface area contributed by atoms with E-state index in [1.807, 2.05) is 18.2 Å².